The van der Waals surface area contributed by atoms with Crippen molar-refractivity contribution in [2.24, 2.45) is 0 Å². The van der Waals surface area contributed by atoms with E-state index in [1.54, 1.807) is 0 Å². The summed E-state index contributed by atoms with van der Waals surface area (Å²) >= 11 is 0. The first-order valence-corrected chi connectivity index (χ1v) is 15.8. The molecule has 2 heterocycles. The second-order valence-corrected chi connectivity index (χ2v) is 11.8. The molecule has 9 rings (SSSR count). The Morgan fingerprint density at radius 3 is 1.70 bits per heavy atom. The predicted octanol–water partition coefficient (Wildman–Crippen LogP) is 11.9. The zero-order valence-electron chi connectivity index (χ0n) is 25.5. The van der Waals surface area contributed by atoms with Gasteiger partial charge in [-0.05, 0) is 63.7 Å². The molecule has 0 amide bonds. The first kappa shape index (κ1) is 27.0. The maximum Gasteiger partial charge on any atom is 0.160 e. The Bertz CT molecular complexity index is 2570. The third-order valence-electron chi connectivity index (χ3n) is 8.89. The van der Waals surface area contributed by atoms with Crippen LogP contribution in [0.3, 0.4) is 0 Å². The summed E-state index contributed by atoms with van der Waals surface area (Å²) in [5, 5.41) is 3.07. The summed E-state index contributed by atoms with van der Waals surface area (Å²) in [4.78, 5) is 10.5. The first-order valence-electron chi connectivity index (χ1n) is 15.8. The van der Waals surface area contributed by atoms with Gasteiger partial charge in [0.05, 0.1) is 16.6 Å². The summed E-state index contributed by atoms with van der Waals surface area (Å²) in [5.74, 6) is 0.682. The maximum atomic E-state index is 6.25. The Morgan fingerprint density at radius 1 is 0.362 bits per heavy atom. The van der Waals surface area contributed by atoms with E-state index in [9.17, 15) is 0 Å². The second kappa shape index (κ2) is 11.2. The van der Waals surface area contributed by atoms with E-state index in [0.29, 0.717) is 5.82 Å². The minimum Gasteiger partial charge on any atom is -0.456 e. The summed E-state index contributed by atoms with van der Waals surface area (Å²) in [7, 11) is 0. The molecule has 0 radical (unpaired) electrons. The second-order valence-electron chi connectivity index (χ2n) is 11.8. The molecule has 0 atom stereocenters. The molecule has 0 aliphatic carbocycles. The number of para-hydroxylation sites is 1. The lowest BCUT2D eigenvalue weighted by Crippen LogP contribution is -1.96. The van der Waals surface area contributed by atoms with E-state index in [-0.39, 0.29) is 0 Å². The molecule has 0 fully saturated rings. The number of fused-ring (bicyclic) bond motifs is 5. The van der Waals surface area contributed by atoms with Crippen molar-refractivity contribution >= 4 is 32.8 Å². The highest BCUT2D eigenvalue weighted by Crippen LogP contribution is 2.39. The zero-order valence-corrected chi connectivity index (χ0v) is 25.5. The Kier molecular flexibility index (Phi) is 6.46. The first-order chi connectivity index (χ1) is 23.3. The number of rotatable bonds is 5. The number of nitrogens with zero attached hydrogens (tertiary/aromatic N) is 2. The Hall–Kier alpha value is -6.32. The van der Waals surface area contributed by atoms with Gasteiger partial charge in [-0.1, -0.05) is 140 Å². The van der Waals surface area contributed by atoms with Gasteiger partial charge < -0.3 is 4.42 Å². The fourth-order valence-electron chi connectivity index (χ4n) is 6.66. The minimum absolute atomic E-state index is 0.682. The highest BCUT2D eigenvalue weighted by molar-refractivity contribution is 6.19. The fraction of sp³-hybridized carbons (Fsp3) is 0. The van der Waals surface area contributed by atoms with Crippen LogP contribution in [0, 0.1) is 0 Å². The molecule has 3 nitrogen and oxygen atoms in total. The molecule has 9 aromatic rings. The molecule has 47 heavy (non-hydrogen) atoms. The standard InChI is InChI=1S/C44H28N2O/c1-3-13-29(14-4-1)35-21-7-8-22-36(35)33-19-11-17-31(27-33)32-18-12-20-34(28-32)44-45-42(30-15-5-2-6-16-30)38-25-26-40-41(43(38)46-44)37-23-9-10-24-39(37)47-40/h1-28H. The molecule has 0 aliphatic heterocycles. The highest BCUT2D eigenvalue weighted by Gasteiger charge is 2.18. The van der Waals surface area contributed by atoms with Crippen LogP contribution in [0.25, 0.3) is 88.9 Å². The molecule has 0 spiro atoms. The third-order valence-corrected chi connectivity index (χ3v) is 8.89. The van der Waals surface area contributed by atoms with Crippen molar-refractivity contribution in [3.8, 4) is 56.0 Å². The summed E-state index contributed by atoms with van der Waals surface area (Å²) in [6.45, 7) is 0. The number of hydrogen-bond donors (Lipinski definition) is 0. The molecule has 0 bridgehead atoms. The molecule has 220 valence electrons. The minimum atomic E-state index is 0.682. The average molecular weight is 601 g/mol. The van der Waals surface area contributed by atoms with Crippen LogP contribution in [0.2, 0.25) is 0 Å². The van der Waals surface area contributed by atoms with Crippen LogP contribution in [0.1, 0.15) is 0 Å². The SMILES string of the molecule is c1ccc(-c2ccccc2-c2cccc(-c3cccc(-c4nc(-c5ccccc5)c5ccc6oc7ccccc7c6c5n4)c3)c2)cc1. The van der Waals surface area contributed by atoms with Crippen molar-refractivity contribution in [2.45, 2.75) is 0 Å². The smallest absolute Gasteiger partial charge is 0.160 e. The lowest BCUT2D eigenvalue weighted by molar-refractivity contribution is 0.669. The van der Waals surface area contributed by atoms with Crippen LogP contribution in [-0.2, 0) is 0 Å². The van der Waals surface area contributed by atoms with Gasteiger partial charge in [-0.25, -0.2) is 9.97 Å². The van der Waals surface area contributed by atoms with Crippen molar-refractivity contribution in [3.05, 3.63) is 170 Å². The number of furan rings is 1. The average Bonchev–Trinajstić information content (AvgIpc) is 3.55. The fourth-order valence-corrected chi connectivity index (χ4v) is 6.66. The van der Waals surface area contributed by atoms with Gasteiger partial charge >= 0.3 is 0 Å². The van der Waals surface area contributed by atoms with Crippen LogP contribution in [-0.4, -0.2) is 9.97 Å². The monoisotopic (exact) mass is 600 g/mol. The topological polar surface area (TPSA) is 38.9 Å². The van der Waals surface area contributed by atoms with Crippen molar-refractivity contribution < 1.29 is 4.42 Å². The molecule has 0 aliphatic rings. The molecule has 0 N–H and O–H groups in total. The Balaban J connectivity index is 1.21. The third kappa shape index (κ3) is 4.77. The van der Waals surface area contributed by atoms with E-state index >= 15 is 0 Å². The highest BCUT2D eigenvalue weighted by atomic mass is 16.3. The molecule has 2 aromatic heterocycles. The van der Waals surface area contributed by atoms with E-state index < -0.39 is 0 Å². The van der Waals surface area contributed by atoms with Crippen LogP contribution < -0.4 is 0 Å². The van der Waals surface area contributed by atoms with Crippen molar-refractivity contribution in [1.29, 1.82) is 0 Å². The van der Waals surface area contributed by atoms with Crippen LogP contribution in [0.5, 0.6) is 0 Å². The Morgan fingerprint density at radius 2 is 0.936 bits per heavy atom. The maximum absolute atomic E-state index is 6.25. The van der Waals surface area contributed by atoms with Gasteiger partial charge in [0.1, 0.15) is 11.2 Å². The largest absolute Gasteiger partial charge is 0.456 e. The molecule has 7 aromatic carbocycles. The van der Waals surface area contributed by atoms with Crippen LogP contribution in [0.15, 0.2) is 174 Å². The molecular weight excluding hydrogens is 572 g/mol. The van der Waals surface area contributed by atoms with E-state index in [4.69, 9.17) is 14.4 Å². The van der Waals surface area contributed by atoms with E-state index in [0.717, 1.165) is 60.8 Å². The lowest BCUT2D eigenvalue weighted by Gasteiger charge is -2.13. The lowest BCUT2D eigenvalue weighted by atomic mass is 9.92. The summed E-state index contributed by atoms with van der Waals surface area (Å²) in [5.41, 5.74) is 12.5. The molecular formula is C44H28N2O. The summed E-state index contributed by atoms with van der Waals surface area (Å²) in [6.07, 6.45) is 0. The molecule has 0 saturated heterocycles. The van der Waals surface area contributed by atoms with E-state index in [2.05, 4.69) is 140 Å². The quantitative estimate of drug-likeness (QED) is 0.197. The van der Waals surface area contributed by atoms with Gasteiger partial charge in [0.15, 0.2) is 5.82 Å². The van der Waals surface area contributed by atoms with Gasteiger partial charge in [0.2, 0.25) is 0 Å². The van der Waals surface area contributed by atoms with E-state index in [1.807, 2.05) is 30.3 Å². The molecule has 0 saturated carbocycles. The molecule has 0 unspecified atom stereocenters. The summed E-state index contributed by atoms with van der Waals surface area (Å²) < 4.78 is 6.25. The van der Waals surface area contributed by atoms with Gasteiger partial charge in [-0.3, -0.25) is 0 Å². The number of aromatic nitrogens is 2. The zero-order chi connectivity index (χ0) is 31.2. The number of benzene rings is 7. The van der Waals surface area contributed by atoms with Gasteiger partial charge in [-0.15, -0.1) is 0 Å². The van der Waals surface area contributed by atoms with Crippen LogP contribution >= 0.6 is 0 Å². The summed E-state index contributed by atoms with van der Waals surface area (Å²) in [6, 6.07) is 59.2. The molecule has 3 heteroatoms. The normalized spacial score (nSPS) is 11.4. The van der Waals surface area contributed by atoms with Crippen LogP contribution in [0.4, 0.5) is 0 Å². The van der Waals surface area contributed by atoms with E-state index in [1.165, 1.54) is 22.3 Å². The predicted molar refractivity (Wildman–Crippen MR) is 194 cm³/mol. The Labute approximate surface area is 272 Å². The van der Waals surface area contributed by atoms with Crippen molar-refractivity contribution in [2.75, 3.05) is 0 Å². The van der Waals surface area contributed by atoms with Crippen molar-refractivity contribution in [3.63, 3.8) is 0 Å². The van der Waals surface area contributed by atoms with Gasteiger partial charge in [0.25, 0.3) is 0 Å². The van der Waals surface area contributed by atoms with Gasteiger partial charge in [-0.2, -0.15) is 0 Å². The van der Waals surface area contributed by atoms with Gasteiger partial charge in [0, 0.05) is 21.9 Å². The van der Waals surface area contributed by atoms with Crippen molar-refractivity contribution in [1.82, 2.24) is 9.97 Å². The number of hydrogen-bond acceptors (Lipinski definition) is 3.